The molecule has 0 aliphatic rings. The lowest BCUT2D eigenvalue weighted by atomic mass is 10.2. The lowest BCUT2D eigenvalue weighted by molar-refractivity contribution is 0.101. The van der Waals surface area contributed by atoms with Gasteiger partial charge in [-0.25, -0.2) is 4.98 Å². The normalized spacial score (nSPS) is 10.1. The van der Waals surface area contributed by atoms with Crippen LogP contribution >= 0.6 is 33.9 Å². The number of nitrogens with one attached hydrogen (secondary N) is 1. The lowest BCUT2D eigenvalue weighted by Gasteiger charge is -2.01. The van der Waals surface area contributed by atoms with Crippen molar-refractivity contribution in [2.24, 2.45) is 0 Å². The van der Waals surface area contributed by atoms with Gasteiger partial charge in [0.15, 0.2) is 10.9 Å². The molecule has 1 N–H and O–H groups in total. The molecule has 0 bridgehead atoms. The molecule has 1 aromatic heterocycles. The van der Waals surface area contributed by atoms with Crippen molar-refractivity contribution in [2.75, 3.05) is 5.32 Å². The van der Waals surface area contributed by atoms with Crippen LogP contribution in [0.5, 0.6) is 0 Å². The van der Waals surface area contributed by atoms with E-state index in [1.165, 1.54) is 24.5 Å². The predicted molar refractivity (Wildman–Crippen MR) is 79.2 cm³/mol. The van der Waals surface area contributed by atoms with Crippen LogP contribution in [0.25, 0.3) is 0 Å². The lowest BCUT2D eigenvalue weighted by Crippen LogP contribution is -2.11. The summed E-state index contributed by atoms with van der Waals surface area (Å²) in [6.45, 7) is 1.47. The van der Waals surface area contributed by atoms with Crippen molar-refractivity contribution in [1.82, 2.24) is 4.98 Å². The molecule has 2 rings (SSSR count). The van der Waals surface area contributed by atoms with Crippen LogP contribution in [0.3, 0.4) is 0 Å². The van der Waals surface area contributed by atoms with Gasteiger partial charge in [0, 0.05) is 16.1 Å². The fourth-order valence-electron chi connectivity index (χ4n) is 1.27. The van der Waals surface area contributed by atoms with E-state index >= 15 is 0 Å². The first kappa shape index (κ1) is 13.2. The van der Waals surface area contributed by atoms with Gasteiger partial charge in [0.05, 0.1) is 11.1 Å². The Labute approximate surface area is 122 Å². The number of ketones is 1. The molecule has 0 aliphatic heterocycles. The van der Waals surface area contributed by atoms with Crippen LogP contribution < -0.4 is 5.32 Å². The number of aromatic nitrogens is 1. The molecule has 92 valence electrons. The molecule has 2 aromatic rings. The molecule has 18 heavy (non-hydrogen) atoms. The van der Waals surface area contributed by atoms with Crippen molar-refractivity contribution >= 4 is 50.7 Å². The van der Waals surface area contributed by atoms with Crippen molar-refractivity contribution < 1.29 is 9.59 Å². The van der Waals surface area contributed by atoms with Gasteiger partial charge in [-0.2, -0.15) is 0 Å². The van der Waals surface area contributed by atoms with E-state index in [1.54, 1.807) is 12.1 Å². The molecule has 0 atom stereocenters. The third-order valence-corrected chi connectivity index (χ3v) is 3.91. The molecule has 0 saturated carbocycles. The van der Waals surface area contributed by atoms with Gasteiger partial charge >= 0.3 is 0 Å². The second-order valence-electron chi connectivity index (χ2n) is 3.55. The van der Waals surface area contributed by atoms with Crippen LogP contribution in [0.1, 0.15) is 27.0 Å². The Morgan fingerprint density at radius 1 is 1.28 bits per heavy atom. The molecule has 1 amide bonds. The van der Waals surface area contributed by atoms with Gasteiger partial charge in [-0.15, -0.1) is 0 Å². The average molecular weight is 372 g/mol. The molecule has 6 heteroatoms. The first-order valence-electron chi connectivity index (χ1n) is 5.10. The van der Waals surface area contributed by atoms with Crippen LogP contribution in [-0.2, 0) is 0 Å². The van der Waals surface area contributed by atoms with Gasteiger partial charge in [0.2, 0.25) is 0 Å². The molecule has 1 aromatic carbocycles. The number of nitrogens with zero attached hydrogens (tertiary/aromatic N) is 1. The van der Waals surface area contributed by atoms with Gasteiger partial charge in [0.1, 0.15) is 0 Å². The first-order chi connectivity index (χ1) is 8.56. The summed E-state index contributed by atoms with van der Waals surface area (Å²) in [6, 6.07) is 7.21. The molecule has 4 nitrogen and oxygen atoms in total. The molecular formula is C12H9IN2O2S. The summed E-state index contributed by atoms with van der Waals surface area (Å²) in [4.78, 5) is 27.5. The standard InChI is InChI=1S/C12H9IN2O2S/c1-7(16)10-6-14-12(18-10)15-11(17)8-2-4-9(13)5-3-8/h2-6H,1H3,(H,14,15,17). The third-order valence-electron chi connectivity index (χ3n) is 2.18. The smallest absolute Gasteiger partial charge is 0.257 e. The highest BCUT2D eigenvalue weighted by Crippen LogP contribution is 2.19. The maximum absolute atomic E-state index is 11.9. The molecule has 0 unspecified atom stereocenters. The zero-order chi connectivity index (χ0) is 13.1. The summed E-state index contributed by atoms with van der Waals surface area (Å²) in [5, 5.41) is 3.10. The predicted octanol–water partition coefficient (Wildman–Crippen LogP) is 3.20. The maximum atomic E-state index is 11.9. The summed E-state index contributed by atoms with van der Waals surface area (Å²) >= 11 is 3.35. The van der Waals surface area contributed by atoms with E-state index in [2.05, 4.69) is 32.9 Å². The number of thiazole rings is 1. The van der Waals surface area contributed by atoms with Gasteiger partial charge in [-0.05, 0) is 46.9 Å². The minimum Gasteiger partial charge on any atom is -0.298 e. The van der Waals surface area contributed by atoms with E-state index in [0.717, 1.165) is 3.57 Å². The highest BCUT2D eigenvalue weighted by molar-refractivity contribution is 14.1. The highest BCUT2D eigenvalue weighted by atomic mass is 127. The van der Waals surface area contributed by atoms with E-state index in [0.29, 0.717) is 15.6 Å². The number of rotatable bonds is 3. The maximum Gasteiger partial charge on any atom is 0.257 e. The number of hydrogen-bond donors (Lipinski definition) is 1. The van der Waals surface area contributed by atoms with E-state index in [1.807, 2.05) is 12.1 Å². The Morgan fingerprint density at radius 3 is 2.50 bits per heavy atom. The summed E-state index contributed by atoms with van der Waals surface area (Å²) in [7, 11) is 0. The van der Waals surface area contributed by atoms with Crippen LogP contribution in [-0.4, -0.2) is 16.7 Å². The minimum absolute atomic E-state index is 0.0535. The molecule has 0 fully saturated rings. The third kappa shape index (κ3) is 3.14. The number of benzene rings is 1. The van der Waals surface area contributed by atoms with E-state index in [4.69, 9.17) is 0 Å². The summed E-state index contributed by atoms with van der Waals surface area (Å²) in [5.74, 6) is -0.280. The molecular weight excluding hydrogens is 363 g/mol. The molecule has 0 spiro atoms. The second kappa shape index (κ2) is 5.57. The van der Waals surface area contributed by atoms with Crippen molar-refractivity contribution in [3.63, 3.8) is 0 Å². The zero-order valence-corrected chi connectivity index (χ0v) is 12.4. The number of Topliss-reactive ketones (excluding diaryl/α,β-unsaturated/α-hetero) is 1. The molecule has 0 saturated heterocycles. The van der Waals surface area contributed by atoms with Crippen molar-refractivity contribution in [3.05, 3.63) is 44.5 Å². The number of carbonyl (C=O) groups is 2. The van der Waals surface area contributed by atoms with Crippen LogP contribution in [0.4, 0.5) is 5.13 Å². The second-order valence-corrected chi connectivity index (χ2v) is 5.82. The van der Waals surface area contributed by atoms with Crippen molar-refractivity contribution in [3.8, 4) is 0 Å². The van der Waals surface area contributed by atoms with E-state index in [-0.39, 0.29) is 11.7 Å². The number of anilines is 1. The van der Waals surface area contributed by atoms with Crippen LogP contribution in [0, 0.1) is 3.57 Å². The number of hydrogen-bond acceptors (Lipinski definition) is 4. The van der Waals surface area contributed by atoms with Gasteiger partial charge in [-0.1, -0.05) is 11.3 Å². The molecule has 1 heterocycles. The van der Waals surface area contributed by atoms with Gasteiger partial charge in [0.25, 0.3) is 5.91 Å². The molecule has 0 radical (unpaired) electrons. The van der Waals surface area contributed by atoms with E-state index in [9.17, 15) is 9.59 Å². The van der Waals surface area contributed by atoms with E-state index < -0.39 is 0 Å². The van der Waals surface area contributed by atoms with Crippen LogP contribution in [0.2, 0.25) is 0 Å². The Balaban J connectivity index is 2.11. The van der Waals surface area contributed by atoms with Gasteiger partial charge in [-0.3, -0.25) is 14.9 Å². The SMILES string of the molecule is CC(=O)c1cnc(NC(=O)c2ccc(I)cc2)s1. The minimum atomic E-state index is -0.226. The largest absolute Gasteiger partial charge is 0.298 e. The van der Waals surface area contributed by atoms with Crippen molar-refractivity contribution in [1.29, 1.82) is 0 Å². The first-order valence-corrected chi connectivity index (χ1v) is 6.99. The average Bonchev–Trinajstić information content (AvgIpc) is 2.78. The number of halogens is 1. The van der Waals surface area contributed by atoms with Crippen molar-refractivity contribution in [2.45, 2.75) is 6.92 Å². The molecule has 0 aliphatic carbocycles. The quantitative estimate of drug-likeness (QED) is 0.665. The monoisotopic (exact) mass is 372 g/mol. The Morgan fingerprint density at radius 2 is 1.94 bits per heavy atom. The fourth-order valence-corrected chi connectivity index (χ4v) is 2.33. The Bertz CT molecular complexity index is 592. The summed E-state index contributed by atoms with van der Waals surface area (Å²) < 4.78 is 1.07. The summed E-state index contributed by atoms with van der Waals surface area (Å²) in [5.41, 5.74) is 0.565. The number of amides is 1. The van der Waals surface area contributed by atoms with Gasteiger partial charge < -0.3 is 0 Å². The topological polar surface area (TPSA) is 59.1 Å². The zero-order valence-electron chi connectivity index (χ0n) is 9.44. The number of carbonyl (C=O) groups excluding carboxylic acids is 2. The highest BCUT2D eigenvalue weighted by Gasteiger charge is 2.10. The Kier molecular flexibility index (Phi) is 4.07. The summed E-state index contributed by atoms with van der Waals surface area (Å²) in [6.07, 6.45) is 1.47. The van der Waals surface area contributed by atoms with Crippen LogP contribution in [0.15, 0.2) is 30.5 Å². The fraction of sp³-hybridized carbons (Fsp3) is 0.0833. The Hall–Kier alpha value is -1.28.